The molecule has 3 aliphatic rings. The molecule has 2 N–H and O–H groups in total. The van der Waals surface area contributed by atoms with E-state index in [-0.39, 0.29) is 93.9 Å². The zero-order valence-electron chi connectivity index (χ0n) is 37.7. The Hall–Kier alpha value is -4.40. The summed E-state index contributed by atoms with van der Waals surface area (Å²) < 4.78 is 57.9. The van der Waals surface area contributed by atoms with Crippen LogP contribution in [0, 0.1) is 29.1 Å². The smallest absolute Gasteiger partial charge is 0.340 e. The second kappa shape index (κ2) is 22.6. The normalized spacial score (nSPS) is 21.4. The van der Waals surface area contributed by atoms with Gasteiger partial charge in [-0.3, -0.25) is 33.3 Å². The first-order valence-electron chi connectivity index (χ1n) is 22.5. The second-order valence-electron chi connectivity index (χ2n) is 18.0. The molecule has 66 heavy (non-hydrogen) atoms. The number of rotatable bonds is 18. The highest BCUT2D eigenvalue weighted by Gasteiger charge is 2.55. The number of nitrogens with one attached hydrogen (secondary N) is 2. The zero-order chi connectivity index (χ0) is 47.8. The predicted octanol–water partition coefficient (Wildman–Crippen LogP) is 8.21. The van der Waals surface area contributed by atoms with E-state index in [2.05, 4.69) is 16.4 Å². The number of likely N-dealkylation sites (tertiary alicyclic amines) is 1. The van der Waals surface area contributed by atoms with Crippen LogP contribution < -0.4 is 10.9 Å². The van der Waals surface area contributed by atoms with E-state index in [9.17, 15) is 38.6 Å². The molecule has 3 aromatic rings. The average molecular weight is 970 g/mol. The maximum atomic E-state index is 16.5. The van der Waals surface area contributed by atoms with Gasteiger partial charge in [-0.05, 0) is 78.1 Å². The van der Waals surface area contributed by atoms with Gasteiger partial charge in [0.2, 0.25) is 17.4 Å². The number of hydrogen-bond donors (Lipinski definition) is 2. The van der Waals surface area contributed by atoms with Crippen molar-refractivity contribution in [1.29, 1.82) is 5.26 Å². The number of aromatic nitrogens is 1. The van der Waals surface area contributed by atoms with Crippen LogP contribution in [-0.4, -0.2) is 98.7 Å². The Balaban J connectivity index is 1.17. The van der Waals surface area contributed by atoms with Gasteiger partial charge in [-0.15, -0.1) is 0 Å². The summed E-state index contributed by atoms with van der Waals surface area (Å²) in [5, 5.41) is 13.2. The number of amides is 3. The van der Waals surface area contributed by atoms with Gasteiger partial charge in [0, 0.05) is 72.8 Å². The van der Waals surface area contributed by atoms with Crippen molar-refractivity contribution in [3.05, 3.63) is 81.8 Å². The van der Waals surface area contributed by atoms with Gasteiger partial charge in [-0.2, -0.15) is 14.0 Å². The fourth-order valence-electron chi connectivity index (χ4n) is 8.85. The number of hydrogen-bond acceptors (Lipinski definition) is 12. The number of nitrogens with zero attached hydrogens (tertiary/aromatic N) is 3. The van der Waals surface area contributed by atoms with Gasteiger partial charge in [0.1, 0.15) is 12.1 Å². The molecule has 2 aromatic carbocycles. The molecule has 0 bridgehead atoms. The van der Waals surface area contributed by atoms with Gasteiger partial charge in [0.25, 0.3) is 5.91 Å². The molecule has 4 heterocycles. The van der Waals surface area contributed by atoms with Gasteiger partial charge in [-0.1, -0.05) is 82.3 Å². The highest BCUT2D eigenvalue weighted by atomic mass is 32.2. The molecular weight excluding hydrogens is 912 g/mol. The number of halogens is 2. The monoisotopic (exact) mass is 969 g/mol. The number of H-pyrrole nitrogens is 1. The van der Waals surface area contributed by atoms with Crippen LogP contribution in [0.15, 0.2) is 59.5 Å². The topological polar surface area (TPSA) is 196 Å². The van der Waals surface area contributed by atoms with E-state index in [1.54, 1.807) is 21.9 Å². The number of benzene rings is 2. The van der Waals surface area contributed by atoms with Crippen molar-refractivity contribution in [2.45, 2.75) is 109 Å². The van der Waals surface area contributed by atoms with Crippen LogP contribution in [0.3, 0.4) is 0 Å². The van der Waals surface area contributed by atoms with Gasteiger partial charge in [-0.25, -0.2) is 0 Å². The lowest BCUT2D eigenvalue weighted by Gasteiger charge is -2.36. The Kier molecular flexibility index (Phi) is 17.5. The fourth-order valence-corrected chi connectivity index (χ4v) is 12.3. The minimum absolute atomic E-state index is 0.0355. The molecule has 3 fully saturated rings. The lowest BCUT2D eigenvalue weighted by Crippen LogP contribution is -2.56. The van der Waals surface area contributed by atoms with Crippen LogP contribution in [-0.2, 0) is 38.5 Å². The molecular formula is C47H58F2N5O9PS2. The summed E-state index contributed by atoms with van der Waals surface area (Å²) in [4.78, 5) is 84.8. The van der Waals surface area contributed by atoms with Gasteiger partial charge in [0.05, 0.1) is 25.2 Å². The summed E-state index contributed by atoms with van der Waals surface area (Å²) in [5.41, 5.74) is -4.45. The molecule has 0 radical (unpaired) electrons. The third-order valence-electron chi connectivity index (χ3n) is 12.1. The first-order valence-corrected chi connectivity index (χ1v) is 26.0. The van der Waals surface area contributed by atoms with Crippen LogP contribution >= 0.6 is 31.1 Å². The molecule has 0 aliphatic carbocycles. The molecule has 3 saturated heterocycles. The van der Waals surface area contributed by atoms with Crippen molar-refractivity contribution >= 4 is 69.8 Å². The Morgan fingerprint density at radius 1 is 0.879 bits per heavy atom. The standard InChI is InChI=1S/C47H58F2N5O9PS2/c1-29(2)21-42(56)65-19-17-62-64(61,63-18-20-66-43(57)22-30(3)4)47(48,49)36-12-11-31-9-10-33(23-34(31)24-36)44(58)52-39-8-6-5-7-37-13-14-40(54(37)45(39)59)46(60)53-27-35(26-50)38(28-53)32-15-16-51-41(55)25-32/h9-12,15-16,23-25,29-30,35,37-40H,5-8,13-14,17-22,27-28H2,1-4H3,(H,51,55)(H,52,58)/t35-,37+,38+,39?,40+/m1/s1. The van der Waals surface area contributed by atoms with E-state index >= 15 is 8.78 Å². The summed E-state index contributed by atoms with van der Waals surface area (Å²) in [6, 6.07) is 11.5. The molecule has 19 heteroatoms. The van der Waals surface area contributed by atoms with Crippen LogP contribution in [0.4, 0.5) is 8.78 Å². The van der Waals surface area contributed by atoms with E-state index in [1.807, 2.05) is 27.7 Å². The summed E-state index contributed by atoms with van der Waals surface area (Å²) in [6.45, 7) is 6.94. The van der Waals surface area contributed by atoms with Gasteiger partial charge in [0.15, 0.2) is 10.2 Å². The van der Waals surface area contributed by atoms with E-state index < -0.39 is 61.9 Å². The number of nitriles is 1. The number of carbonyl (C=O) groups is 5. The summed E-state index contributed by atoms with van der Waals surface area (Å²) in [7, 11) is -5.28. The molecule has 1 aromatic heterocycles. The molecule has 356 valence electrons. The minimum atomic E-state index is -5.28. The van der Waals surface area contributed by atoms with Gasteiger partial charge >= 0.3 is 13.3 Å². The largest absolute Gasteiger partial charge is 0.404 e. The van der Waals surface area contributed by atoms with Crippen molar-refractivity contribution in [3.8, 4) is 6.07 Å². The van der Waals surface area contributed by atoms with Crippen LogP contribution in [0.25, 0.3) is 10.8 Å². The molecule has 14 nitrogen and oxygen atoms in total. The highest BCUT2D eigenvalue weighted by molar-refractivity contribution is 8.13. The van der Waals surface area contributed by atoms with Crippen molar-refractivity contribution in [1.82, 2.24) is 20.1 Å². The SMILES string of the molecule is CC(C)CC(=O)SCCOP(=O)(OCCSC(=O)CC(C)C)C(F)(F)c1ccc2ccc(C(=O)NC3CCCC[C@H]4CC[C@@H](C(=O)N5C[C@@H](C#N)[C@H](c6cc[nH]c(=O)c6)C5)N4C3=O)cc2c1. The average Bonchev–Trinajstić information content (AvgIpc) is 3.90. The zero-order valence-corrected chi connectivity index (χ0v) is 40.2. The van der Waals surface area contributed by atoms with Crippen LogP contribution in [0.5, 0.6) is 0 Å². The molecule has 6 rings (SSSR count). The molecule has 3 aliphatic heterocycles. The highest BCUT2D eigenvalue weighted by Crippen LogP contribution is 2.67. The first-order chi connectivity index (χ1) is 31.4. The number of fused-ring (bicyclic) bond motifs is 2. The molecule has 0 spiro atoms. The Bertz CT molecular complexity index is 2400. The summed E-state index contributed by atoms with van der Waals surface area (Å²) >= 11 is 1.78. The fraction of sp³-hybridized carbons (Fsp3) is 0.553. The van der Waals surface area contributed by atoms with E-state index in [0.717, 1.165) is 42.1 Å². The third kappa shape index (κ3) is 12.4. The second-order valence-corrected chi connectivity index (χ2v) is 22.4. The third-order valence-corrected chi connectivity index (χ3v) is 15.8. The first kappa shape index (κ1) is 51.0. The lowest BCUT2D eigenvalue weighted by molar-refractivity contribution is -0.146. The predicted molar refractivity (Wildman–Crippen MR) is 250 cm³/mol. The number of carbonyl (C=O) groups excluding carboxylic acids is 5. The molecule has 0 saturated carbocycles. The van der Waals surface area contributed by atoms with Crippen molar-refractivity contribution < 1.29 is 46.4 Å². The van der Waals surface area contributed by atoms with Crippen LogP contribution in [0.2, 0.25) is 0 Å². The Morgan fingerprint density at radius 3 is 2.17 bits per heavy atom. The van der Waals surface area contributed by atoms with E-state index in [0.29, 0.717) is 43.1 Å². The van der Waals surface area contributed by atoms with E-state index in [1.165, 1.54) is 30.5 Å². The van der Waals surface area contributed by atoms with Crippen molar-refractivity contribution in [2.75, 3.05) is 37.8 Å². The van der Waals surface area contributed by atoms with Crippen molar-refractivity contribution in [2.24, 2.45) is 17.8 Å². The maximum absolute atomic E-state index is 16.5. The number of alkyl halides is 2. The van der Waals surface area contributed by atoms with Crippen LogP contribution in [0.1, 0.15) is 106 Å². The molecule has 3 amide bonds. The Labute approximate surface area is 392 Å². The van der Waals surface area contributed by atoms with E-state index in [4.69, 9.17) is 9.05 Å². The molecule has 5 atom stereocenters. The number of pyridine rings is 1. The Morgan fingerprint density at radius 2 is 1.53 bits per heavy atom. The lowest BCUT2D eigenvalue weighted by atomic mass is 9.91. The summed E-state index contributed by atoms with van der Waals surface area (Å²) in [5.74, 6) is -2.09. The number of thioether (sulfide) groups is 2. The number of aromatic amines is 1. The maximum Gasteiger partial charge on any atom is 0.404 e. The van der Waals surface area contributed by atoms with Gasteiger partial charge < -0.3 is 29.1 Å². The minimum Gasteiger partial charge on any atom is -0.340 e. The summed E-state index contributed by atoms with van der Waals surface area (Å²) in [6.07, 6.45) is 5.51. The molecule has 1 unspecified atom stereocenters. The van der Waals surface area contributed by atoms with Crippen molar-refractivity contribution in [3.63, 3.8) is 0 Å². The quantitative estimate of drug-likeness (QED) is 0.0917.